The third-order valence-corrected chi connectivity index (χ3v) is 4.66. The van der Waals surface area contributed by atoms with Crippen molar-refractivity contribution in [1.29, 1.82) is 0 Å². The second kappa shape index (κ2) is 8.70. The van der Waals surface area contributed by atoms with Gasteiger partial charge in [-0.25, -0.2) is 9.59 Å². The summed E-state index contributed by atoms with van der Waals surface area (Å²) in [5.41, 5.74) is -1.94. The fourth-order valence-corrected chi connectivity index (χ4v) is 2.99. The number of hydrogen-bond acceptors (Lipinski definition) is 9. The van der Waals surface area contributed by atoms with E-state index in [4.69, 9.17) is 27.2 Å². The number of halogens is 2. The number of aromatic amines is 1. The van der Waals surface area contributed by atoms with Crippen LogP contribution in [-0.4, -0.2) is 57.8 Å². The van der Waals surface area contributed by atoms with Crippen LogP contribution in [0, 0.1) is 0 Å². The maximum Gasteiger partial charge on any atom is 0.380 e. The monoisotopic (exact) mass is 444 g/mol. The molecule has 0 bridgehead atoms. The van der Waals surface area contributed by atoms with Crippen LogP contribution < -0.4 is 11.2 Å². The molecule has 0 aromatic carbocycles. The summed E-state index contributed by atoms with van der Waals surface area (Å²) in [4.78, 5) is 37.0. The van der Waals surface area contributed by atoms with Crippen molar-refractivity contribution in [3.05, 3.63) is 38.7 Å². The quantitative estimate of drug-likeness (QED) is 0.310. The molecule has 150 valence electrons. The number of rotatable bonds is 6. The Hall–Kier alpha value is -1.46. The zero-order valence-electron chi connectivity index (χ0n) is 13.7. The Kier molecular flexibility index (Phi) is 7.03. The molecule has 4 atom stereocenters. The summed E-state index contributed by atoms with van der Waals surface area (Å²) in [7, 11) is 1.14. The molecular formula is C13H15Cl2N2O9P. The van der Waals surface area contributed by atoms with E-state index in [1.807, 2.05) is 4.98 Å². The molecule has 1 saturated heterocycles. The molecule has 3 N–H and O–H groups in total. The maximum absolute atomic E-state index is 12.1. The number of methoxy groups -OCH3 is 1. The van der Waals surface area contributed by atoms with Gasteiger partial charge in [-0.1, -0.05) is 0 Å². The molecule has 0 amide bonds. The first-order valence-corrected chi connectivity index (χ1v) is 10.7. The molecule has 0 spiro atoms. The van der Waals surface area contributed by atoms with Gasteiger partial charge in [-0.05, 0) is 22.5 Å². The number of hydrogen-bond donors (Lipinski definition) is 3. The number of ether oxygens (including phenoxy) is 2. The standard InChI is InChI=1S/C13H15Cl2N2O9P/c1-24-8(18)2-3-17-4-6(12(21)16-13(17)22)11-10(20)9(19)7(26-11)5-25-27(14,15)23/h2-4,7,9-11,19-20H,5H2,1H3,(H,16,21,22)/b3-2+/t7-,9?,10+,11+/m1/s1. The van der Waals surface area contributed by atoms with Crippen molar-refractivity contribution >= 4 is 40.7 Å². The van der Waals surface area contributed by atoms with E-state index in [2.05, 4.69) is 9.26 Å². The van der Waals surface area contributed by atoms with Gasteiger partial charge in [0.05, 0.1) is 19.3 Å². The van der Waals surface area contributed by atoms with E-state index < -0.39 is 54.3 Å². The van der Waals surface area contributed by atoms with E-state index in [0.29, 0.717) is 0 Å². The first-order chi connectivity index (χ1) is 12.5. The van der Waals surface area contributed by atoms with E-state index in [1.54, 1.807) is 0 Å². The minimum absolute atomic E-state index is 0.210. The van der Waals surface area contributed by atoms with E-state index in [1.165, 1.54) is 0 Å². The number of carbonyl (C=O) groups is 1. The molecule has 1 aromatic heterocycles. The highest BCUT2D eigenvalue weighted by atomic mass is 35.9. The lowest BCUT2D eigenvalue weighted by Crippen LogP contribution is -2.35. The smallest absolute Gasteiger partial charge is 0.380 e. The number of aliphatic hydroxyl groups excluding tert-OH is 2. The SMILES string of the molecule is COC(=O)/C=C/n1cc([C@@H]2O[C@H](COP(=O)(Cl)Cl)C(O)[C@@H]2O)c(=O)[nH]c1=O. The predicted octanol–water partition coefficient (Wildman–Crippen LogP) is -0.0557. The third-order valence-electron chi connectivity index (χ3n) is 3.63. The second-order valence-corrected chi connectivity index (χ2v) is 9.65. The van der Waals surface area contributed by atoms with Gasteiger partial charge in [0.2, 0.25) is 0 Å². The van der Waals surface area contributed by atoms with E-state index >= 15 is 0 Å². The molecule has 0 saturated carbocycles. The molecule has 2 heterocycles. The number of H-pyrrole nitrogens is 1. The number of nitrogens with one attached hydrogen (secondary N) is 1. The highest BCUT2D eigenvalue weighted by Crippen LogP contribution is 2.57. The van der Waals surface area contributed by atoms with Crippen LogP contribution >= 0.6 is 28.6 Å². The molecule has 14 heteroatoms. The Morgan fingerprint density at radius 2 is 2.07 bits per heavy atom. The number of esters is 1. The van der Waals surface area contributed by atoms with Crippen molar-refractivity contribution in [2.45, 2.75) is 24.4 Å². The van der Waals surface area contributed by atoms with Crippen molar-refractivity contribution in [3.63, 3.8) is 0 Å². The Morgan fingerprint density at radius 3 is 2.67 bits per heavy atom. The molecule has 1 aliphatic rings. The molecule has 1 aromatic rings. The topological polar surface area (TPSA) is 157 Å². The number of nitrogens with zero attached hydrogens (tertiary/aromatic N) is 1. The Morgan fingerprint density at radius 1 is 1.41 bits per heavy atom. The van der Waals surface area contributed by atoms with Crippen LogP contribution in [0.25, 0.3) is 6.20 Å². The summed E-state index contributed by atoms with van der Waals surface area (Å²) < 4.78 is 26.4. The lowest BCUT2D eigenvalue weighted by atomic mass is 10.0. The third kappa shape index (κ3) is 5.52. The van der Waals surface area contributed by atoms with Gasteiger partial charge in [-0.3, -0.25) is 18.9 Å². The molecule has 1 aliphatic heterocycles. The normalized spacial score (nSPS) is 25.8. The highest BCUT2D eigenvalue weighted by Gasteiger charge is 2.45. The molecule has 1 unspecified atom stereocenters. The highest BCUT2D eigenvalue weighted by molar-refractivity contribution is 8.05. The largest absolute Gasteiger partial charge is 0.466 e. The lowest BCUT2D eigenvalue weighted by Gasteiger charge is -2.15. The van der Waals surface area contributed by atoms with E-state index in [-0.39, 0.29) is 5.56 Å². The molecule has 1 fully saturated rings. The minimum Gasteiger partial charge on any atom is -0.466 e. The molecule has 27 heavy (non-hydrogen) atoms. The molecule has 0 aliphatic carbocycles. The molecule has 2 rings (SSSR count). The van der Waals surface area contributed by atoms with Crippen molar-refractivity contribution in [2.24, 2.45) is 0 Å². The Bertz CT molecular complexity index is 893. The first-order valence-electron chi connectivity index (χ1n) is 7.30. The van der Waals surface area contributed by atoms with Crippen LogP contribution in [0.5, 0.6) is 0 Å². The first kappa shape index (κ1) is 21.8. The van der Waals surface area contributed by atoms with Crippen LogP contribution in [0.3, 0.4) is 0 Å². The summed E-state index contributed by atoms with van der Waals surface area (Å²) in [6.07, 6.45) is -6.53. The zero-order valence-corrected chi connectivity index (χ0v) is 16.1. The van der Waals surface area contributed by atoms with Gasteiger partial charge < -0.3 is 24.2 Å². The number of aliphatic hydroxyl groups is 2. The van der Waals surface area contributed by atoms with Crippen LogP contribution in [0.2, 0.25) is 0 Å². The summed E-state index contributed by atoms with van der Waals surface area (Å²) in [6.45, 7) is -0.515. The molecular weight excluding hydrogens is 430 g/mol. The van der Waals surface area contributed by atoms with Crippen LogP contribution in [0.4, 0.5) is 0 Å². The number of carbonyl (C=O) groups excluding carboxylic acids is 1. The summed E-state index contributed by atoms with van der Waals surface area (Å²) >= 11 is 10.5. The van der Waals surface area contributed by atoms with Gasteiger partial charge in [0.1, 0.15) is 24.4 Å². The Labute approximate surface area is 161 Å². The van der Waals surface area contributed by atoms with Crippen molar-refractivity contribution in [2.75, 3.05) is 13.7 Å². The van der Waals surface area contributed by atoms with Crippen LogP contribution in [-0.2, 0) is 23.4 Å². The van der Waals surface area contributed by atoms with Gasteiger partial charge in [0.15, 0.2) is 0 Å². The van der Waals surface area contributed by atoms with Gasteiger partial charge in [-0.2, -0.15) is 0 Å². The Balaban J connectivity index is 2.30. The average molecular weight is 445 g/mol. The van der Waals surface area contributed by atoms with Crippen LogP contribution in [0.15, 0.2) is 21.9 Å². The number of aromatic nitrogens is 2. The second-order valence-electron chi connectivity index (χ2n) is 5.38. The van der Waals surface area contributed by atoms with Gasteiger partial charge >= 0.3 is 17.7 Å². The van der Waals surface area contributed by atoms with E-state index in [9.17, 15) is 29.2 Å². The maximum atomic E-state index is 12.1. The minimum atomic E-state index is -3.90. The predicted molar refractivity (Wildman–Crippen MR) is 93.6 cm³/mol. The van der Waals surface area contributed by atoms with Crippen molar-refractivity contribution in [3.8, 4) is 0 Å². The summed E-state index contributed by atoms with van der Waals surface area (Å²) in [5.74, 6) is -0.744. The molecule has 11 nitrogen and oxygen atoms in total. The van der Waals surface area contributed by atoms with E-state index in [0.717, 1.165) is 30.1 Å². The van der Waals surface area contributed by atoms with Gasteiger partial charge in [0, 0.05) is 18.5 Å². The molecule has 0 radical (unpaired) electrons. The van der Waals surface area contributed by atoms with Crippen molar-refractivity contribution in [1.82, 2.24) is 9.55 Å². The average Bonchev–Trinajstić information content (AvgIpc) is 2.86. The summed E-state index contributed by atoms with van der Waals surface area (Å²) in [5, 5.41) is 20.2. The zero-order chi connectivity index (χ0) is 20.4. The van der Waals surface area contributed by atoms with Gasteiger partial charge in [0.25, 0.3) is 5.56 Å². The summed E-state index contributed by atoms with van der Waals surface area (Å²) in [6, 6.07) is 0. The van der Waals surface area contributed by atoms with Crippen molar-refractivity contribution < 1.29 is 33.6 Å². The fourth-order valence-electron chi connectivity index (χ4n) is 2.33. The van der Waals surface area contributed by atoms with Crippen LogP contribution in [0.1, 0.15) is 11.7 Å². The fraction of sp³-hybridized carbons (Fsp3) is 0.462. The lowest BCUT2D eigenvalue weighted by molar-refractivity contribution is -0.134. The van der Waals surface area contributed by atoms with Gasteiger partial charge in [-0.15, -0.1) is 0 Å².